The van der Waals surface area contributed by atoms with Crippen molar-refractivity contribution in [3.63, 3.8) is 0 Å². The highest BCUT2D eigenvalue weighted by molar-refractivity contribution is 6.31. The van der Waals surface area contributed by atoms with Crippen LogP contribution in [0.4, 0.5) is 11.6 Å². The molecule has 0 radical (unpaired) electrons. The molecule has 7 rings (SSSR count). The molecule has 4 fully saturated rings. The van der Waals surface area contributed by atoms with E-state index in [0.717, 1.165) is 70.3 Å². The number of nitrogens with zero attached hydrogens (tertiary/aromatic N) is 8. The molecule has 1 aromatic carbocycles. The van der Waals surface area contributed by atoms with Gasteiger partial charge >= 0.3 is 0 Å². The zero-order valence-electron chi connectivity index (χ0n) is 30.6. The highest BCUT2D eigenvalue weighted by Crippen LogP contribution is 2.32. The number of nitrogens with two attached hydrogens (primary N) is 1. The van der Waals surface area contributed by atoms with Crippen LogP contribution in [0.5, 0.6) is 5.75 Å². The third kappa shape index (κ3) is 8.98. The molecule has 16 heteroatoms. The summed E-state index contributed by atoms with van der Waals surface area (Å²) < 4.78 is 6.18. The fourth-order valence-electron chi connectivity index (χ4n) is 8.15. The van der Waals surface area contributed by atoms with E-state index in [1.165, 1.54) is 0 Å². The Morgan fingerprint density at radius 2 is 1.64 bits per heavy atom. The van der Waals surface area contributed by atoms with Gasteiger partial charge in [-0.05, 0) is 87.3 Å². The summed E-state index contributed by atoms with van der Waals surface area (Å²) in [6.45, 7) is 6.27. The van der Waals surface area contributed by atoms with Gasteiger partial charge in [-0.25, -0.2) is 4.98 Å². The van der Waals surface area contributed by atoms with Crippen molar-refractivity contribution in [1.29, 1.82) is 5.26 Å². The predicted octanol–water partition coefficient (Wildman–Crippen LogP) is 3.17. The number of ether oxygens (including phenoxy) is 1. The molecule has 3 N–H and O–H groups in total. The smallest absolute Gasteiger partial charge is 0.269 e. The lowest BCUT2D eigenvalue weighted by atomic mass is 9.89. The van der Waals surface area contributed by atoms with Gasteiger partial charge in [0, 0.05) is 70.5 Å². The summed E-state index contributed by atoms with van der Waals surface area (Å²) in [4.78, 5) is 64.0. The summed E-state index contributed by atoms with van der Waals surface area (Å²) in [7, 11) is 0. The lowest BCUT2D eigenvalue weighted by Crippen LogP contribution is -2.58. The van der Waals surface area contributed by atoms with Crippen LogP contribution in [0.2, 0.25) is 5.02 Å². The molecule has 15 nitrogen and oxygen atoms in total. The van der Waals surface area contributed by atoms with Gasteiger partial charge in [0.15, 0.2) is 11.5 Å². The molecule has 1 unspecified atom stereocenters. The molecule has 3 aliphatic heterocycles. The van der Waals surface area contributed by atoms with E-state index in [4.69, 9.17) is 27.1 Å². The van der Waals surface area contributed by atoms with Crippen molar-refractivity contribution in [2.45, 2.75) is 69.6 Å². The van der Waals surface area contributed by atoms with E-state index in [2.05, 4.69) is 30.2 Å². The summed E-state index contributed by atoms with van der Waals surface area (Å²) in [5.74, 6) is 1.10. The molecule has 0 bridgehead atoms. The van der Waals surface area contributed by atoms with E-state index in [1.54, 1.807) is 47.5 Å². The number of rotatable bonds is 10. The number of nitriles is 1. The Bertz CT molecular complexity index is 1920. The van der Waals surface area contributed by atoms with E-state index in [9.17, 15) is 24.4 Å². The van der Waals surface area contributed by atoms with Crippen LogP contribution in [0, 0.1) is 17.2 Å². The standard InChI is InChI=1S/C39H45ClN10O5/c40-31-21-30(5-1-26(31)22-41)55-29-6-3-28(4-7-29)50(33-9-12-36(51)44-38(33)53)39(54)27-2-10-34(43-23-27)49-19-17-47(18-20-49)24-25-13-15-48(16-14-25)35-11-8-32(37(42)52)45-46-35/h1-2,5,8,10-11,21,23,25,28-29,33H,3-4,6-7,9,12-20,24H2,(H2,42,52)(H,44,51,53). The number of aromatic nitrogens is 3. The van der Waals surface area contributed by atoms with Gasteiger partial charge in [-0.15, -0.1) is 10.2 Å². The van der Waals surface area contributed by atoms with Crippen LogP contribution in [0.1, 0.15) is 77.8 Å². The van der Waals surface area contributed by atoms with E-state index in [1.807, 2.05) is 12.1 Å². The van der Waals surface area contributed by atoms with Crippen LogP contribution in [-0.2, 0) is 9.59 Å². The van der Waals surface area contributed by atoms with E-state index in [0.29, 0.717) is 53.5 Å². The fraction of sp³-hybridized carbons (Fsp3) is 0.487. The number of halogens is 1. The second-order valence-electron chi connectivity index (χ2n) is 14.7. The van der Waals surface area contributed by atoms with Crippen LogP contribution >= 0.6 is 11.6 Å². The van der Waals surface area contributed by atoms with Crippen molar-refractivity contribution in [1.82, 2.24) is 30.3 Å². The quantitative estimate of drug-likeness (QED) is 0.287. The number of primary amides is 1. The average molecular weight is 769 g/mol. The van der Waals surface area contributed by atoms with E-state index < -0.39 is 17.9 Å². The molecule has 3 saturated heterocycles. The molecule has 0 spiro atoms. The Labute approximate surface area is 324 Å². The number of amides is 4. The monoisotopic (exact) mass is 768 g/mol. The lowest BCUT2D eigenvalue weighted by molar-refractivity contribution is -0.137. The molecular formula is C39H45ClN10O5. The number of piperidine rings is 2. The first-order chi connectivity index (χ1) is 26.6. The van der Waals surface area contributed by atoms with Crippen LogP contribution in [0.15, 0.2) is 48.7 Å². The van der Waals surface area contributed by atoms with Gasteiger partial charge in [-0.3, -0.25) is 29.4 Å². The van der Waals surface area contributed by atoms with Crippen LogP contribution in [0.25, 0.3) is 0 Å². The average Bonchev–Trinajstić information content (AvgIpc) is 3.20. The van der Waals surface area contributed by atoms with Gasteiger partial charge in [-0.1, -0.05) is 11.6 Å². The molecule has 55 heavy (non-hydrogen) atoms. The number of nitrogens with one attached hydrogen (secondary N) is 1. The van der Waals surface area contributed by atoms with Gasteiger partial charge in [0.2, 0.25) is 11.8 Å². The zero-order chi connectivity index (χ0) is 38.5. The number of pyridine rings is 1. The Balaban J connectivity index is 0.921. The van der Waals surface area contributed by atoms with Gasteiger partial charge in [0.05, 0.1) is 22.3 Å². The molecule has 4 aliphatic rings. The van der Waals surface area contributed by atoms with Gasteiger partial charge in [0.1, 0.15) is 23.7 Å². The number of imide groups is 1. The van der Waals surface area contributed by atoms with Crippen molar-refractivity contribution >= 4 is 46.9 Å². The minimum Gasteiger partial charge on any atom is -0.490 e. The number of carbonyl (C=O) groups excluding carboxylic acids is 4. The molecule has 3 aromatic rings. The molecule has 5 heterocycles. The maximum Gasteiger partial charge on any atom is 0.269 e. The normalized spacial score (nSPS) is 22.4. The minimum absolute atomic E-state index is 0.107. The molecule has 2 aromatic heterocycles. The number of benzene rings is 1. The Morgan fingerprint density at radius 3 is 2.25 bits per heavy atom. The first-order valence-electron chi connectivity index (χ1n) is 19.0. The third-order valence-corrected chi connectivity index (χ3v) is 11.5. The number of anilines is 2. The third-order valence-electron chi connectivity index (χ3n) is 11.2. The first-order valence-corrected chi connectivity index (χ1v) is 19.4. The largest absolute Gasteiger partial charge is 0.490 e. The zero-order valence-corrected chi connectivity index (χ0v) is 31.4. The number of hydrogen-bond acceptors (Lipinski definition) is 12. The maximum atomic E-state index is 14.2. The molecule has 288 valence electrons. The number of hydrogen-bond donors (Lipinski definition) is 2. The van der Waals surface area contributed by atoms with Crippen molar-refractivity contribution in [2.24, 2.45) is 11.7 Å². The number of carbonyl (C=O) groups is 4. The maximum absolute atomic E-state index is 14.2. The number of piperazine rings is 1. The van der Waals surface area contributed by atoms with Crippen molar-refractivity contribution in [3.8, 4) is 11.8 Å². The molecule has 4 amide bonds. The highest BCUT2D eigenvalue weighted by Gasteiger charge is 2.40. The first kappa shape index (κ1) is 38.0. The predicted molar refractivity (Wildman–Crippen MR) is 204 cm³/mol. The lowest BCUT2D eigenvalue weighted by Gasteiger charge is -2.42. The topological polar surface area (TPSA) is 191 Å². The second-order valence-corrected chi connectivity index (χ2v) is 15.2. The summed E-state index contributed by atoms with van der Waals surface area (Å²) in [6.07, 6.45) is 6.59. The molecule has 1 saturated carbocycles. The Hall–Kier alpha value is -5.33. The SMILES string of the molecule is N#Cc1ccc(OC2CCC(N(C(=O)c3ccc(N4CCN(CC5CCN(c6ccc(C(N)=O)nn6)CC5)CC4)nc3)C3CCC(=O)NC3=O)CC2)cc1Cl. The Kier molecular flexibility index (Phi) is 11.7. The summed E-state index contributed by atoms with van der Waals surface area (Å²) >= 11 is 6.20. The van der Waals surface area contributed by atoms with Gasteiger partial charge in [-0.2, -0.15) is 5.26 Å². The van der Waals surface area contributed by atoms with E-state index in [-0.39, 0.29) is 42.5 Å². The summed E-state index contributed by atoms with van der Waals surface area (Å²) in [5, 5.41) is 20.1. The van der Waals surface area contributed by atoms with Crippen LogP contribution in [-0.4, -0.2) is 113 Å². The van der Waals surface area contributed by atoms with Crippen LogP contribution in [0.3, 0.4) is 0 Å². The minimum atomic E-state index is -0.756. The molecule has 1 aliphatic carbocycles. The fourth-order valence-corrected chi connectivity index (χ4v) is 8.36. The van der Waals surface area contributed by atoms with Gasteiger partial charge < -0.3 is 25.2 Å². The summed E-state index contributed by atoms with van der Waals surface area (Å²) in [6, 6.07) is 13.2. The van der Waals surface area contributed by atoms with Crippen molar-refractivity contribution in [3.05, 3.63) is 70.5 Å². The summed E-state index contributed by atoms with van der Waals surface area (Å²) in [5.41, 5.74) is 6.24. The van der Waals surface area contributed by atoms with Crippen LogP contribution < -0.4 is 25.6 Å². The van der Waals surface area contributed by atoms with Crippen molar-refractivity contribution < 1.29 is 23.9 Å². The highest BCUT2D eigenvalue weighted by atomic mass is 35.5. The Morgan fingerprint density at radius 1 is 0.909 bits per heavy atom. The van der Waals surface area contributed by atoms with E-state index >= 15 is 0 Å². The second kappa shape index (κ2) is 17.0. The van der Waals surface area contributed by atoms with Gasteiger partial charge in [0.25, 0.3) is 11.8 Å². The van der Waals surface area contributed by atoms with Crippen molar-refractivity contribution in [2.75, 3.05) is 55.6 Å². The molecular weight excluding hydrogens is 724 g/mol. The molecule has 1 atom stereocenters.